The molecule has 6 nitrogen and oxygen atoms in total. The van der Waals surface area contributed by atoms with E-state index < -0.39 is 33.7 Å². The molecule has 0 aliphatic heterocycles. The van der Waals surface area contributed by atoms with E-state index in [1.165, 1.54) is 7.11 Å². The second kappa shape index (κ2) is 6.90. The van der Waals surface area contributed by atoms with Crippen LogP contribution < -0.4 is 0 Å². The normalized spacial score (nSPS) is 10.4. The minimum Gasteiger partial charge on any atom is -0.383 e. The molecule has 0 aliphatic rings. The van der Waals surface area contributed by atoms with Crippen LogP contribution in [0.15, 0.2) is 12.1 Å². The van der Waals surface area contributed by atoms with E-state index in [9.17, 15) is 23.7 Å². The van der Waals surface area contributed by atoms with Crippen LogP contribution in [0, 0.1) is 21.7 Å². The number of rotatable bonds is 6. The Kier molecular flexibility index (Phi) is 5.51. The summed E-state index contributed by atoms with van der Waals surface area (Å²) in [6.45, 7) is 2.15. The van der Waals surface area contributed by atoms with E-state index in [1.807, 2.05) is 0 Å². The minimum absolute atomic E-state index is 0.132. The van der Waals surface area contributed by atoms with Crippen molar-refractivity contribution in [1.29, 1.82) is 0 Å². The van der Waals surface area contributed by atoms with Crippen LogP contribution in [0.3, 0.4) is 0 Å². The van der Waals surface area contributed by atoms with Gasteiger partial charge in [-0.25, -0.2) is 4.39 Å². The summed E-state index contributed by atoms with van der Waals surface area (Å²) in [5, 5.41) is 10.6. The van der Waals surface area contributed by atoms with E-state index in [4.69, 9.17) is 4.74 Å². The molecule has 1 rings (SSSR count). The standard InChI is InChI=1S/C12H14F2N2O4/c1-3-15(6-7-20-2)12(17)10-8(13)4-5-9(11(10)14)16(18)19/h4-5H,3,6-7H2,1-2H3. The zero-order valence-electron chi connectivity index (χ0n) is 11.1. The number of hydrogen-bond acceptors (Lipinski definition) is 4. The fraction of sp³-hybridized carbons (Fsp3) is 0.417. The molecule has 0 saturated heterocycles. The Morgan fingerprint density at radius 1 is 1.45 bits per heavy atom. The first-order valence-corrected chi connectivity index (χ1v) is 5.84. The van der Waals surface area contributed by atoms with Crippen LogP contribution in [0.1, 0.15) is 17.3 Å². The molecular formula is C12H14F2N2O4. The van der Waals surface area contributed by atoms with E-state index in [-0.39, 0.29) is 19.7 Å². The third-order valence-corrected chi connectivity index (χ3v) is 2.72. The van der Waals surface area contributed by atoms with Crippen LogP contribution in [0.5, 0.6) is 0 Å². The highest BCUT2D eigenvalue weighted by atomic mass is 19.1. The van der Waals surface area contributed by atoms with E-state index in [0.29, 0.717) is 12.1 Å². The highest BCUT2D eigenvalue weighted by Crippen LogP contribution is 2.24. The van der Waals surface area contributed by atoms with Crippen molar-refractivity contribution in [3.05, 3.63) is 39.4 Å². The second-order valence-electron chi connectivity index (χ2n) is 3.89. The first-order valence-electron chi connectivity index (χ1n) is 5.84. The summed E-state index contributed by atoms with van der Waals surface area (Å²) in [5.41, 5.74) is -1.85. The average Bonchev–Trinajstić information content (AvgIpc) is 2.39. The Bertz CT molecular complexity index is 522. The van der Waals surface area contributed by atoms with Gasteiger partial charge in [-0.1, -0.05) is 0 Å². The van der Waals surface area contributed by atoms with Gasteiger partial charge in [-0.2, -0.15) is 4.39 Å². The third kappa shape index (κ3) is 3.27. The Balaban J connectivity index is 3.20. The fourth-order valence-electron chi connectivity index (χ4n) is 1.64. The lowest BCUT2D eigenvalue weighted by Crippen LogP contribution is -2.35. The second-order valence-corrected chi connectivity index (χ2v) is 3.89. The molecule has 0 fully saturated rings. The SMILES string of the molecule is CCN(CCOC)C(=O)c1c(F)ccc([N+](=O)[O-])c1F. The van der Waals surface area contributed by atoms with Gasteiger partial charge in [0.05, 0.1) is 11.5 Å². The predicted octanol–water partition coefficient (Wildman–Crippen LogP) is 1.98. The molecule has 8 heteroatoms. The number of carbonyl (C=O) groups is 1. The minimum atomic E-state index is -1.46. The Morgan fingerprint density at radius 2 is 2.10 bits per heavy atom. The zero-order valence-corrected chi connectivity index (χ0v) is 11.1. The highest BCUT2D eigenvalue weighted by Gasteiger charge is 2.28. The van der Waals surface area contributed by atoms with Crippen LogP contribution in [-0.4, -0.2) is 42.5 Å². The van der Waals surface area contributed by atoms with Crippen LogP contribution >= 0.6 is 0 Å². The molecule has 0 aromatic heterocycles. The molecule has 0 radical (unpaired) electrons. The van der Waals surface area contributed by atoms with Gasteiger partial charge in [-0.15, -0.1) is 0 Å². The number of amides is 1. The summed E-state index contributed by atoms with van der Waals surface area (Å²) in [4.78, 5) is 22.8. The number of halogens is 2. The predicted molar refractivity (Wildman–Crippen MR) is 66.5 cm³/mol. The number of likely N-dealkylation sites (N-methyl/N-ethyl adjacent to an activating group) is 1. The van der Waals surface area contributed by atoms with E-state index >= 15 is 0 Å². The molecule has 20 heavy (non-hydrogen) atoms. The van der Waals surface area contributed by atoms with Gasteiger partial charge in [-0.3, -0.25) is 14.9 Å². The summed E-state index contributed by atoms with van der Waals surface area (Å²) in [6.07, 6.45) is 0. The largest absolute Gasteiger partial charge is 0.383 e. The molecule has 1 aromatic carbocycles. The third-order valence-electron chi connectivity index (χ3n) is 2.72. The number of nitro benzene ring substituents is 1. The topological polar surface area (TPSA) is 72.7 Å². The van der Waals surface area contributed by atoms with Gasteiger partial charge >= 0.3 is 5.69 Å². The number of nitro groups is 1. The summed E-state index contributed by atoms with van der Waals surface area (Å²) < 4.78 is 32.3. The first-order chi connectivity index (χ1) is 9.43. The molecule has 110 valence electrons. The number of nitrogens with zero attached hydrogens (tertiary/aromatic N) is 2. The lowest BCUT2D eigenvalue weighted by Gasteiger charge is -2.20. The van der Waals surface area contributed by atoms with Crippen molar-refractivity contribution >= 4 is 11.6 Å². The lowest BCUT2D eigenvalue weighted by atomic mass is 10.1. The number of benzene rings is 1. The molecule has 0 unspecified atom stereocenters. The average molecular weight is 288 g/mol. The van der Waals surface area contributed by atoms with Gasteiger partial charge in [-0.05, 0) is 13.0 Å². The van der Waals surface area contributed by atoms with Crippen molar-refractivity contribution < 1.29 is 23.2 Å². The smallest absolute Gasteiger partial charge is 0.305 e. The van der Waals surface area contributed by atoms with Crippen molar-refractivity contribution in [3.8, 4) is 0 Å². The van der Waals surface area contributed by atoms with Gasteiger partial charge < -0.3 is 9.64 Å². The van der Waals surface area contributed by atoms with Gasteiger partial charge in [0, 0.05) is 26.3 Å². The summed E-state index contributed by atoms with van der Waals surface area (Å²) in [7, 11) is 1.42. The van der Waals surface area contributed by atoms with E-state index in [2.05, 4.69) is 0 Å². The molecule has 0 atom stereocenters. The zero-order chi connectivity index (χ0) is 15.3. The number of carbonyl (C=O) groups excluding carboxylic acids is 1. The van der Waals surface area contributed by atoms with Crippen LogP contribution in [0.25, 0.3) is 0 Å². The van der Waals surface area contributed by atoms with Crippen LogP contribution in [-0.2, 0) is 4.74 Å². The van der Waals surface area contributed by atoms with Crippen molar-refractivity contribution in [1.82, 2.24) is 4.90 Å². The molecule has 0 N–H and O–H groups in total. The van der Waals surface area contributed by atoms with Gasteiger partial charge in [0.2, 0.25) is 5.82 Å². The molecule has 1 aromatic rings. The fourth-order valence-corrected chi connectivity index (χ4v) is 1.64. The number of methoxy groups -OCH3 is 1. The van der Waals surface area contributed by atoms with Crippen LogP contribution in [0.4, 0.5) is 14.5 Å². The highest BCUT2D eigenvalue weighted by molar-refractivity contribution is 5.95. The van der Waals surface area contributed by atoms with E-state index in [1.54, 1.807) is 6.92 Å². The maximum absolute atomic E-state index is 13.9. The number of ether oxygens (including phenoxy) is 1. The Morgan fingerprint density at radius 3 is 2.60 bits per heavy atom. The van der Waals surface area contributed by atoms with Crippen molar-refractivity contribution in [2.45, 2.75) is 6.92 Å². The first kappa shape index (κ1) is 16.0. The summed E-state index contributed by atoms with van der Waals surface area (Å²) in [5.74, 6) is -3.53. The number of hydrogen-bond donors (Lipinski definition) is 0. The maximum atomic E-state index is 13.9. The summed E-state index contributed by atoms with van der Waals surface area (Å²) in [6, 6.07) is 1.39. The Labute approximate surface area is 114 Å². The van der Waals surface area contributed by atoms with Gasteiger partial charge in [0.25, 0.3) is 5.91 Å². The quantitative estimate of drug-likeness (QED) is 0.592. The van der Waals surface area contributed by atoms with Crippen molar-refractivity contribution in [3.63, 3.8) is 0 Å². The van der Waals surface area contributed by atoms with Crippen LogP contribution in [0.2, 0.25) is 0 Å². The molecule has 0 bridgehead atoms. The van der Waals surface area contributed by atoms with Gasteiger partial charge in [0.1, 0.15) is 11.4 Å². The molecule has 0 heterocycles. The van der Waals surface area contributed by atoms with Gasteiger partial charge in [0.15, 0.2) is 0 Å². The maximum Gasteiger partial charge on any atom is 0.305 e. The van der Waals surface area contributed by atoms with E-state index in [0.717, 1.165) is 4.90 Å². The van der Waals surface area contributed by atoms with Crippen molar-refractivity contribution in [2.75, 3.05) is 26.8 Å². The molecular weight excluding hydrogens is 274 g/mol. The molecule has 0 aliphatic carbocycles. The molecule has 1 amide bonds. The Hall–Kier alpha value is -2.09. The summed E-state index contributed by atoms with van der Waals surface area (Å²) >= 11 is 0. The molecule has 0 saturated carbocycles. The van der Waals surface area contributed by atoms with Crippen molar-refractivity contribution in [2.24, 2.45) is 0 Å². The molecule has 0 spiro atoms. The monoisotopic (exact) mass is 288 g/mol. The lowest BCUT2D eigenvalue weighted by molar-refractivity contribution is -0.387.